The van der Waals surface area contributed by atoms with Gasteiger partial charge in [0.2, 0.25) is 5.91 Å². The molecule has 0 atom stereocenters. The minimum atomic E-state index is -0.335. The van der Waals surface area contributed by atoms with Crippen molar-refractivity contribution in [3.63, 3.8) is 0 Å². The van der Waals surface area contributed by atoms with Crippen molar-refractivity contribution in [2.24, 2.45) is 0 Å². The predicted molar refractivity (Wildman–Crippen MR) is 118 cm³/mol. The molecule has 0 saturated carbocycles. The number of hydrogen-bond acceptors (Lipinski definition) is 6. The number of thiophene rings is 1. The summed E-state index contributed by atoms with van der Waals surface area (Å²) in [5.41, 5.74) is 4.74. The summed E-state index contributed by atoms with van der Waals surface area (Å²) in [5, 5.41) is 3.61. The lowest BCUT2D eigenvalue weighted by Gasteiger charge is -2.36. The van der Waals surface area contributed by atoms with Gasteiger partial charge in [-0.2, -0.15) is 0 Å². The van der Waals surface area contributed by atoms with Crippen LogP contribution in [0.25, 0.3) is 0 Å². The van der Waals surface area contributed by atoms with Crippen LogP contribution < -0.4 is 10.2 Å². The molecule has 1 aliphatic heterocycles. The molecular formula is C22H29N3O3S. The van der Waals surface area contributed by atoms with Gasteiger partial charge in [-0.25, -0.2) is 4.79 Å². The first kappa shape index (κ1) is 21.3. The van der Waals surface area contributed by atoms with Crippen molar-refractivity contribution in [1.29, 1.82) is 0 Å². The number of esters is 1. The van der Waals surface area contributed by atoms with Crippen molar-refractivity contribution in [2.75, 3.05) is 49.5 Å². The third-order valence-electron chi connectivity index (χ3n) is 5.30. The molecule has 1 fully saturated rings. The second kappa shape index (κ2) is 9.41. The Kier molecular flexibility index (Phi) is 6.92. The Morgan fingerprint density at radius 1 is 1.10 bits per heavy atom. The molecule has 0 aliphatic carbocycles. The number of benzene rings is 1. The van der Waals surface area contributed by atoms with Gasteiger partial charge in [0.1, 0.15) is 4.88 Å². The summed E-state index contributed by atoms with van der Waals surface area (Å²) in [6, 6.07) is 8.24. The second-order valence-corrected chi connectivity index (χ2v) is 8.43. The monoisotopic (exact) mass is 415 g/mol. The van der Waals surface area contributed by atoms with Gasteiger partial charge in [-0.05, 0) is 56.5 Å². The minimum Gasteiger partial charge on any atom is -0.462 e. The van der Waals surface area contributed by atoms with Crippen molar-refractivity contribution in [3.05, 3.63) is 45.8 Å². The van der Waals surface area contributed by atoms with Crippen LogP contribution in [0, 0.1) is 20.8 Å². The smallest absolute Gasteiger partial charge is 0.348 e. The summed E-state index contributed by atoms with van der Waals surface area (Å²) in [7, 11) is 0. The lowest BCUT2D eigenvalue weighted by molar-refractivity contribution is -0.117. The van der Waals surface area contributed by atoms with Crippen LogP contribution in [0.5, 0.6) is 0 Å². The van der Waals surface area contributed by atoms with Gasteiger partial charge in [-0.1, -0.05) is 12.1 Å². The second-order valence-electron chi connectivity index (χ2n) is 7.37. The lowest BCUT2D eigenvalue weighted by atomic mass is 10.1. The van der Waals surface area contributed by atoms with Crippen molar-refractivity contribution in [1.82, 2.24) is 4.90 Å². The van der Waals surface area contributed by atoms with E-state index in [4.69, 9.17) is 4.74 Å². The molecule has 156 valence electrons. The summed E-state index contributed by atoms with van der Waals surface area (Å²) >= 11 is 1.27. The normalized spacial score (nSPS) is 14.7. The first-order valence-corrected chi connectivity index (χ1v) is 10.8. The van der Waals surface area contributed by atoms with Crippen LogP contribution in [-0.2, 0) is 9.53 Å². The molecule has 1 amide bonds. The molecule has 2 aromatic rings. The van der Waals surface area contributed by atoms with E-state index in [2.05, 4.69) is 47.2 Å². The van der Waals surface area contributed by atoms with E-state index in [0.29, 0.717) is 23.0 Å². The molecular weight excluding hydrogens is 386 g/mol. The number of nitrogens with zero attached hydrogens (tertiary/aromatic N) is 2. The number of piperazine rings is 1. The summed E-state index contributed by atoms with van der Waals surface area (Å²) in [4.78, 5) is 29.5. The van der Waals surface area contributed by atoms with Crippen molar-refractivity contribution < 1.29 is 14.3 Å². The molecule has 3 rings (SSSR count). The van der Waals surface area contributed by atoms with E-state index in [1.54, 1.807) is 6.92 Å². The van der Waals surface area contributed by atoms with Crippen LogP contribution >= 0.6 is 11.3 Å². The molecule has 0 radical (unpaired) electrons. The summed E-state index contributed by atoms with van der Waals surface area (Å²) in [5.74, 6) is -0.389. The van der Waals surface area contributed by atoms with Crippen LogP contribution in [-0.4, -0.2) is 56.1 Å². The molecule has 7 heteroatoms. The van der Waals surface area contributed by atoms with E-state index in [1.165, 1.54) is 28.2 Å². The maximum absolute atomic E-state index is 12.5. The van der Waals surface area contributed by atoms with Crippen molar-refractivity contribution >= 4 is 33.9 Å². The molecule has 1 saturated heterocycles. The number of ether oxygens (including phenoxy) is 1. The number of amides is 1. The third kappa shape index (κ3) is 5.16. The standard InChI is InChI=1S/C22H29N3O3S/c1-5-28-22(27)21-16(3)13-20(29-21)23-19(26)14-24-9-11-25(12-10-24)18-8-6-7-15(2)17(18)4/h6-8,13H,5,9-12,14H2,1-4H3,(H,23,26). The summed E-state index contributed by atoms with van der Waals surface area (Å²) < 4.78 is 5.06. The predicted octanol–water partition coefficient (Wildman–Crippen LogP) is 3.61. The largest absolute Gasteiger partial charge is 0.462 e. The lowest BCUT2D eigenvalue weighted by Crippen LogP contribution is -2.48. The van der Waals surface area contributed by atoms with Gasteiger partial charge in [0, 0.05) is 31.9 Å². The van der Waals surface area contributed by atoms with E-state index < -0.39 is 0 Å². The molecule has 1 aromatic carbocycles. The fourth-order valence-electron chi connectivity index (χ4n) is 3.55. The van der Waals surface area contributed by atoms with E-state index in [1.807, 2.05) is 13.0 Å². The van der Waals surface area contributed by atoms with Crippen LogP contribution in [0.15, 0.2) is 24.3 Å². The van der Waals surface area contributed by atoms with Crippen LogP contribution in [0.4, 0.5) is 10.7 Å². The molecule has 29 heavy (non-hydrogen) atoms. The topological polar surface area (TPSA) is 61.9 Å². The third-order valence-corrected chi connectivity index (χ3v) is 6.43. The fourth-order valence-corrected chi connectivity index (χ4v) is 4.53. The summed E-state index contributed by atoms with van der Waals surface area (Å²) in [6.07, 6.45) is 0. The van der Waals surface area contributed by atoms with Crippen LogP contribution in [0.2, 0.25) is 0 Å². The molecule has 1 aromatic heterocycles. The van der Waals surface area contributed by atoms with Gasteiger partial charge < -0.3 is 15.0 Å². The van der Waals surface area contributed by atoms with Gasteiger partial charge in [0.25, 0.3) is 0 Å². The Hall–Kier alpha value is -2.38. The quantitative estimate of drug-likeness (QED) is 0.731. The molecule has 1 aliphatic rings. The number of rotatable bonds is 6. The number of aryl methyl sites for hydroxylation is 2. The van der Waals surface area contributed by atoms with E-state index in [0.717, 1.165) is 31.7 Å². The number of carbonyl (C=O) groups is 2. The highest BCUT2D eigenvalue weighted by Gasteiger charge is 2.21. The maximum Gasteiger partial charge on any atom is 0.348 e. The highest BCUT2D eigenvalue weighted by molar-refractivity contribution is 7.18. The Morgan fingerprint density at radius 3 is 2.52 bits per heavy atom. The van der Waals surface area contributed by atoms with E-state index in [9.17, 15) is 9.59 Å². The Bertz CT molecular complexity index is 885. The van der Waals surface area contributed by atoms with Crippen LogP contribution in [0.3, 0.4) is 0 Å². The summed E-state index contributed by atoms with van der Waals surface area (Å²) in [6.45, 7) is 12.1. The first-order valence-electron chi connectivity index (χ1n) is 10.00. The average Bonchev–Trinajstić information content (AvgIpc) is 3.05. The van der Waals surface area contributed by atoms with E-state index in [-0.39, 0.29) is 11.9 Å². The van der Waals surface area contributed by atoms with E-state index >= 15 is 0 Å². The number of hydrogen-bond donors (Lipinski definition) is 1. The number of nitrogens with one attached hydrogen (secondary N) is 1. The zero-order chi connectivity index (χ0) is 21.0. The molecule has 6 nitrogen and oxygen atoms in total. The highest BCUT2D eigenvalue weighted by atomic mass is 32.1. The molecule has 2 heterocycles. The Labute approximate surface area is 176 Å². The Morgan fingerprint density at radius 2 is 1.83 bits per heavy atom. The van der Waals surface area contributed by atoms with Crippen molar-refractivity contribution in [2.45, 2.75) is 27.7 Å². The molecule has 0 spiro atoms. The SMILES string of the molecule is CCOC(=O)c1sc(NC(=O)CN2CCN(c3cccc(C)c3C)CC2)cc1C. The van der Waals surface area contributed by atoms with Crippen molar-refractivity contribution in [3.8, 4) is 0 Å². The van der Waals surface area contributed by atoms with Gasteiger partial charge in [0.15, 0.2) is 0 Å². The highest BCUT2D eigenvalue weighted by Crippen LogP contribution is 2.27. The molecule has 0 unspecified atom stereocenters. The maximum atomic E-state index is 12.5. The molecule has 0 bridgehead atoms. The van der Waals surface area contributed by atoms with Gasteiger partial charge in [-0.3, -0.25) is 9.69 Å². The number of anilines is 2. The Balaban J connectivity index is 1.52. The zero-order valence-corrected chi connectivity index (χ0v) is 18.4. The van der Waals surface area contributed by atoms with Gasteiger partial charge >= 0.3 is 5.97 Å². The fraction of sp³-hybridized carbons (Fsp3) is 0.455. The van der Waals surface area contributed by atoms with Crippen LogP contribution in [0.1, 0.15) is 33.3 Å². The van der Waals surface area contributed by atoms with Gasteiger partial charge in [-0.15, -0.1) is 11.3 Å². The number of carbonyl (C=O) groups excluding carboxylic acids is 2. The minimum absolute atomic E-state index is 0.0538. The van der Waals surface area contributed by atoms with Gasteiger partial charge in [0.05, 0.1) is 18.2 Å². The average molecular weight is 416 g/mol. The first-order chi connectivity index (χ1) is 13.9. The molecule has 1 N–H and O–H groups in total. The zero-order valence-electron chi connectivity index (χ0n) is 17.6.